The van der Waals surface area contributed by atoms with Crippen LogP contribution in [0.25, 0.3) is 5.95 Å². The summed E-state index contributed by atoms with van der Waals surface area (Å²) in [5, 5.41) is 0.0826. The minimum absolute atomic E-state index is 0.0826. The van der Waals surface area contributed by atoms with Gasteiger partial charge in [-0.3, -0.25) is 4.57 Å². The number of rotatable bonds is 4. The van der Waals surface area contributed by atoms with Gasteiger partial charge < -0.3 is 4.74 Å². The summed E-state index contributed by atoms with van der Waals surface area (Å²) < 4.78 is 6.92. The number of aromatic nitrogens is 5. The summed E-state index contributed by atoms with van der Waals surface area (Å²) in [5.74, 6) is 0.373. The van der Waals surface area contributed by atoms with E-state index in [1.165, 1.54) is 0 Å². The fraction of sp³-hybridized carbons (Fsp3) is 0.200. The average Bonchev–Trinajstić information content (AvgIpc) is 2.82. The maximum absolute atomic E-state index is 5.79. The standard InChI is InChI=1S/C10H10ClN5O/c1-2-3-6-17-10-14-8(11)13-9(15-10)16-5-4-12-7-16/h2-5,7H,6H2,1H3. The lowest BCUT2D eigenvalue weighted by molar-refractivity contribution is 0.331. The molecule has 6 nitrogen and oxygen atoms in total. The molecular weight excluding hydrogens is 242 g/mol. The summed E-state index contributed by atoms with van der Waals surface area (Å²) in [5.41, 5.74) is 0. The topological polar surface area (TPSA) is 65.7 Å². The number of nitrogens with zero attached hydrogens (tertiary/aromatic N) is 5. The maximum Gasteiger partial charge on any atom is 0.322 e. The number of hydrogen-bond donors (Lipinski definition) is 0. The number of imidazole rings is 1. The predicted molar refractivity (Wildman–Crippen MR) is 62.3 cm³/mol. The second-order valence-corrected chi connectivity index (χ2v) is 3.38. The quantitative estimate of drug-likeness (QED) is 0.774. The summed E-state index contributed by atoms with van der Waals surface area (Å²) in [6, 6.07) is 0.187. The van der Waals surface area contributed by atoms with Gasteiger partial charge >= 0.3 is 6.01 Å². The molecular formula is C10H10ClN5O. The van der Waals surface area contributed by atoms with Crippen LogP contribution in [0.1, 0.15) is 6.92 Å². The highest BCUT2D eigenvalue weighted by atomic mass is 35.5. The number of halogens is 1. The molecule has 0 saturated heterocycles. The van der Waals surface area contributed by atoms with Gasteiger partial charge in [0.1, 0.15) is 12.9 Å². The molecule has 0 aliphatic heterocycles. The van der Waals surface area contributed by atoms with Crippen molar-refractivity contribution in [2.75, 3.05) is 6.61 Å². The smallest absolute Gasteiger partial charge is 0.322 e. The van der Waals surface area contributed by atoms with Crippen molar-refractivity contribution in [3.8, 4) is 12.0 Å². The monoisotopic (exact) mass is 251 g/mol. The summed E-state index contributed by atoms with van der Waals surface area (Å²) >= 11 is 5.79. The molecule has 0 radical (unpaired) electrons. The van der Waals surface area contributed by atoms with E-state index in [9.17, 15) is 0 Å². The maximum atomic E-state index is 5.79. The van der Waals surface area contributed by atoms with Gasteiger partial charge in [0.25, 0.3) is 0 Å². The van der Waals surface area contributed by atoms with Gasteiger partial charge in [-0.2, -0.15) is 15.0 Å². The Kier molecular flexibility index (Phi) is 3.66. The van der Waals surface area contributed by atoms with Crippen molar-refractivity contribution in [3.05, 3.63) is 36.2 Å². The van der Waals surface area contributed by atoms with Crippen molar-refractivity contribution < 1.29 is 4.74 Å². The summed E-state index contributed by atoms with van der Waals surface area (Å²) in [6.07, 6.45) is 8.62. The number of hydrogen-bond acceptors (Lipinski definition) is 5. The zero-order valence-corrected chi connectivity index (χ0v) is 9.87. The van der Waals surface area contributed by atoms with Gasteiger partial charge in [0, 0.05) is 12.4 Å². The second-order valence-electron chi connectivity index (χ2n) is 3.04. The molecule has 0 saturated carbocycles. The van der Waals surface area contributed by atoms with Gasteiger partial charge in [0.2, 0.25) is 11.2 Å². The van der Waals surface area contributed by atoms with E-state index < -0.39 is 0 Å². The van der Waals surface area contributed by atoms with E-state index in [1.807, 2.05) is 19.1 Å². The predicted octanol–water partition coefficient (Wildman–Crippen LogP) is 1.67. The van der Waals surface area contributed by atoms with Crippen LogP contribution in [0, 0.1) is 0 Å². The Labute approximate surface area is 103 Å². The molecule has 88 valence electrons. The fourth-order valence-corrected chi connectivity index (χ4v) is 1.25. The summed E-state index contributed by atoms with van der Waals surface area (Å²) in [6.45, 7) is 2.29. The highest BCUT2D eigenvalue weighted by molar-refractivity contribution is 6.28. The van der Waals surface area contributed by atoms with Gasteiger partial charge in [0.05, 0.1) is 0 Å². The minimum atomic E-state index is 0.0826. The van der Waals surface area contributed by atoms with Crippen LogP contribution in [0.4, 0.5) is 0 Å². The molecule has 0 spiro atoms. The SMILES string of the molecule is CC=CCOc1nc(Cl)nc(-n2ccnc2)n1. The minimum Gasteiger partial charge on any atom is -0.459 e. The molecule has 17 heavy (non-hydrogen) atoms. The molecule has 0 atom stereocenters. The zero-order valence-electron chi connectivity index (χ0n) is 9.12. The molecule has 0 fully saturated rings. The van der Waals surface area contributed by atoms with Crippen molar-refractivity contribution in [2.45, 2.75) is 6.92 Å². The molecule has 0 amide bonds. The van der Waals surface area contributed by atoms with E-state index >= 15 is 0 Å². The van der Waals surface area contributed by atoms with Crippen LogP contribution in [0.2, 0.25) is 5.28 Å². The third-order valence-electron chi connectivity index (χ3n) is 1.86. The highest BCUT2D eigenvalue weighted by Crippen LogP contribution is 2.10. The van der Waals surface area contributed by atoms with Crippen LogP contribution in [-0.4, -0.2) is 31.1 Å². The Morgan fingerprint density at radius 3 is 3.00 bits per heavy atom. The van der Waals surface area contributed by atoms with E-state index in [4.69, 9.17) is 16.3 Å². The third-order valence-corrected chi connectivity index (χ3v) is 2.02. The first-order chi connectivity index (χ1) is 8.29. The molecule has 2 aromatic heterocycles. The van der Waals surface area contributed by atoms with Crippen LogP contribution in [0.3, 0.4) is 0 Å². The van der Waals surface area contributed by atoms with Crippen LogP contribution in [0.15, 0.2) is 30.9 Å². The Balaban J connectivity index is 2.23. The van der Waals surface area contributed by atoms with E-state index in [2.05, 4.69) is 19.9 Å². The third kappa shape index (κ3) is 3.01. The van der Waals surface area contributed by atoms with E-state index in [1.54, 1.807) is 23.3 Å². The molecule has 2 rings (SSSR count). The van der Waals surface area contributed by atoms with E-state index in [0.29, 0.717) is 12.6 Å². The van der Waals surface area contributed by atoms with Gasteiger partial charge in [0.15, 0.2) is 0 Å². The van der Waals surface area contributed by atoms with E-state index in [0.717, 1.165) is 0 Å². The largest absolute Gasteiger partial charge is 0.459 e. The van der Waals surface area contributed by atoms with Crippen molar-refractivity contribution in [1.29, 1.82) is 0 Å². The van der Waals surface area contributed by atoms with Crippen LogP contribution in [-0.2, 0) is 0 Å². The van der Waals surface area contributed by atoms with Gasteiger partial charge in [-0.15, -0.1) is 0 Å². The summed E-state index contributed by atoms with van der Waals surface area (Å²) in [4.78, 5) is 15.9. The molecule has 2 aromatic rings. The Bertz CT molecular complexity index is 511. The first kappa shape index (κ1) is 11.5. The van der Waals surface area contributed by atoms with Gasteiger partial charge in [-0.05, 0) is 18.5 Å². The lowest BCUT2D eigenvalue weighted by Crippen LogP contribution is -2.05. The average molecular weight is 252 g/mol. The van der Waals surface area contributed by atoms with Crippen molar-refractivity contribution in [3.63, 3.8) is 0 Å². The van der Waals surface area contributed by atoms with Crippen LogP contribution >= 0.6 is 11.6 Å². The number of allylic oxidation sites excluding steroid dienone is 1. The van der Waals surface area contributed by atoms with Crippen molar-refractivity contribution >= 4 is 11.6 Å². The molecule has 0 unspecified atom stereocenters. The molecule has 0 aromatic carbocycles. The highest BCUT2D eigenvalue weighted by Gasteiger charge is 2.06. The van der Waals surface area contributed by atoms with Crippen molar-refractivity contribution in [1.82, 2.24) is 24.5 Å². The lowest BCUT2D eigenvalue weighted by Gasteiger charge is -2.04. The lowest BCUT2D eigenvalue weighted by atomic mass is 10.6. The first-order valence-corrected chi connectivity index (χ1v) is 5.31. The molecule has 0 aliphatic rings. The molecule has 7 heteroatoms. The second kappa shape index (κ2) is 5.40. The molecule has 2 heterocycles. The first-order valence-electron chi connectivity index (χ1n) is 4.93. The van der Waals surface area contributed by atoms with Gasteiger partial charge in [-0.25, -0.2) is 4.98 Å². The Morgan fingerprint density at radius 1 is 1.41 bits per heavy atom. The molecule has 0 aliphatic carbocycles. The van der Waals surface area contributed by atoms with E-state index in [-0.39, 0.29) is 11.3 Å². The van der Waals surface area contributed by atoms with Crippen molar-refractivity contribution in [2.24, 2.45) is 0 Å². The normalized spacial score (nSPS) is 10.9. The van der Waals surface area contributed by atoms with Crippen LogP contribution in [0.5, 0.6) is 6.01 Å². The fourth-order valence-electron chi connectivity index (χ4n) is 1.10. The zero-order chi connectivity index (χ0) is 12.1. The molecule has 0 N–H and O–H groups in total. The summed E-state index contributed by atoms with van der Waals surface area (Å²) in [7, 11) is 0. The van der Waals surface area contributed by atoms with Crippen LogP contribution < -0.4 is 4.74 Å². The number of ether oxygens (including phenoxy) is 1. The Hall–Kier alpha value is -1.95. The Morgan fingerprint density at radius 2 is 2.29 bits per heavy atom. The van der Waals surface area contributed by atoms with Gasteiger partial charge in [-0.1, -0.05) is 12.2 Å². The molecule has 0 bridgehead atoms.